The van der Waals surface area contributed by atoms with Crippen LogP contribution in [0.4, 0.5) is 13.2 Å². The number of carbonyl (C=O) groups excluding carboxylic acids is 1. The number of rotatable bonds is 3. The largest absolute Gasteiger partial charge is 0.466 e. The molecular weight excluding hydrogens is 331 g/mol. The van der Waals surface area contributed by atoms with E-state index in [1.165, 1.54) is 57.7 Å². The Balaban J connectivity index is 0.000000358. The highest BCUT2D eigenvalue weighted by molar-refractivity contribution is 5.65. The van der Waals surface area contributed by atoms with Crippen molar-refractivity contribution in [2.75, 3.05) is 13.2 Å². The SMILES string of the molecule is CCCC1CCCCN1.CCOC(C)=O.FC(F)(F)c1ccccc1. The van der Waals surface area contributed by atoms with Crippen LogP contribution in [0, 0.1) is 0 Å². The number of nitrogens with one attached hydrogen (secondary N) is 1. The Kier molecular flexibility index (Phi) is 12.8. The van der Waals surface area contributed by atoms with Crippen molar-refractivity contribution in [3.05, 3.63) is 35.9 Å². The topological polar surface area (TPSA) is 38.3 Å². The fourth-order valence-electron chi connectivity index (χ4n) is 2.35. The third-order valence-electron chi connectivity index (χ3n) is 3.50. The van der Waals surface area contributed by atoms with E-state index in [0.29, 0.717) is 6.61 Å². The molecule has 0 amide bonds. The molecule has 0 spiro atoms. The summed E-state index contributed by atoms with van der Waals surface area (Å²) in [5.74, 6) is -0.211. The Bertz CT molecular complexity index is 441. The third-order valence-corrected chi connectivity index (χ3v) is 3.50. The fraction of sp³-hybridized carbons (Fsp3) is 0.632. The first kappa shape index (κ1) is 23.4. The number of benzene rings is 1. The molecule has 1 aliphatic rings. The molecule has 2 rings (SSSR count). The smallest absolute Gasteiger partial charge is 0.416 e. The fourth-order valence-corrected chi connectivity index (χ4v) is 2.35. The molecule has 0 bridgehead atoms. The predicted molar refractivity (Wildman–Crippen MR) is 94.3 cm³/mol. The van der Waals surface area contributed by atoms with Crippen molar-refractivity contribution in [3.63, 3.8) is 0 Å². The highest BCUT2D eigenvalue weighted by Crippen LogP contribution is 2.28. The van der Waals surface area contributed by atoms with Gasteiger partial charge in [0.05, 0.1) is 12.2 Å². The van der Waals surface area contributed by atoms with Crippen LogP contribution < -0.4 is 5.32 Å². The van der Waals surface area contributed by atoms with E-state index in [-0.39, 0.29) is 5.97 Å². The molecule has 25 heavy (non-hydrogen) atoms. The van der Waals surface area contributed by atoms with Gasteiger partial charge in [-0.3, -0.25) is 4.79 Å². The molecule has 1 unspecified atom stereocenters. The van der Waals surface area contributed by atoms with Gasteiger partial charge in [0.15, 0.2) is 0 Å². The molecule has 1 aliphatic heterocycles. The van der Waals surface area contributed by atoms with E-state index >= 15 is 0 Å². The average Bonchev–Trinajstić information content (AvgIpc) is 2.57. The van der Waals surface area contributed by atoms with Crippen LogP contribution in [0.1, 0.15) is 58.4 Å². The standard InChI is InChI=1S/C8H17N.C7H5F3.C4H8O2/c1-2-5-8-6-3-4-7-9-8;8-7(9,10)6-4-2-1-3-5-6;1-3-6-4(2)5/h8-9H,2-7H2,1H3;1-5H;3H2,1-2H3. The van der Waals surface area contributed by atoms with Crippen LogP contribution in [0.25, 0.3) is 0 Å². The average molecular weight is 361 g/mol. The monoisotopic (exact) mass is 361 g/mol. The quantitative estimate of drug-likeness (QED) is 0.752. The number of carbonyl (C=O) groups is 1. The lowest BCUT2D eigenvalue weighted by atomic mass is 10.0. The predicted octanol–water partition coefficient (Wildman–Crippen LogP) is 5.20. The van der Waals surface area contributed by atoms with E-state index < -0.39 is 11.7 Å². The maximum absolute atomic E-state index is 11.8. The summed E-state index contributed by atoms with van der Waals surface area (Å²) in [6, 6.07) is 7.21. The van der Waals surface area contributed by atoms with E-state index in [1.807, 2.05) is 0 Å². The molecule has 1 aromatic rings. The molecule has 0 saturated carbocycles. The molecule has 0 aromatic heterocycles. The van der Waals surface area contributed by atoms with Crippen molar-refractivity contribution >= 4 is 5.97 Å². The van der Waals surface area contributed by atoms with Gasteiger partial charge in [0, 0.05) is 13.0 Å². The van der Waals surface area contributed by atoms with Crippen molar-refractivity contribution in [1.29, 1.82) is 0 Å². The van der Waals surface area contributed by atoms with Crippen LogP contribution in [0.5, 0.6) is 0 Å². The van der Waals surface area contributed by atoms with Gasteiger partial charge in [-0.05, 0) is 32.7 Å². The molecule has 3 nitrogen and oxygen atoms in total. The summed E-state index contributed by atoms with van der Waals surface area (Å²) in [5.41, 5.74) is -0.602. The van der Waals surface area contributed by atoms with Gasteiger partial charge in [-0.2, -0.15) is 13.2 Å². The summed E-state index contributed by atoms with van der Waals surface area (Å²) in [4.78, 5) is 9.82. The van der Waals surface area contributed by atoms with Crippen LogP contribution in [0.2, 0.25) is 0 Å². The summed E-state index contributed by atoms with van der Waals surface area (Å²) in [6.45, 7) is 7.17. The first-order chi connectivity index (χ1) is 11.8. The zero-order chi connectivity index (χ0) is 19.1. The summed E-state index contributed by atoms with van der Waals surface area (Å²) in [6.07, 6.45) is 2.74. The molecule has 1 fully saturated rings. The molecule has 144 valence electrons. The van der Waals surface area contributed by atoms with Gasteiger partial charge in [0.25, 0.3) is 0 Å². The lowest BCUT2D eigenvalue weighted by molar-refractivity contribution is -0.140. The van der Waals surface area contributed by atoms with E-state index in [1.54, 1.807) is 13.0 Å². The lowest BCUT2D eigenvalue weighted by Gasteiger charge is -2.22. The number of alkyl halides is 3. The van der Waals surface area contributed by atoms with E-state index in [9.17, 15) is 18.0 Å². The molecule has 1 aromatic carbocycles. The van der Waals surface area contributed by atoms with Gasteiger partial charge in [-0.15, -0.1) is 0 Å². The normalized spacial score (nSPS) is 16.6. The van der Waals surface area contributed by atoms with Crippen molar-refractivity contribution < 1.29 is 22.7 Å². The molecule has 1 atom stereocenters. The molecule has 1 N–H and O–H groups in total. The van der Waals surface area contributed by atoms with Gasteiger partial charge in [0.1, 0.15) is 0 Å². The van der Waals surface area contributed by atoms with Gasteiger partial charge in [0.2, 0.25) is 0 Å². The Hall–Kier alpha value is -1.56. The Morgan fingerprint density at radius 3 is 2.16 bits per heavy atom. The lowest BCUT2D eigenvalue weighted by Crippen LogP contribution is -2.33. The number of hydrogen-bond donors (Lipinski definition) is 1. The molecule has 6 heteroatoms. The van der Waals surface area contributed by atoms with Crippen LogP contribution >= 0.6 is 0 Å². The molecule has 1 heterocycles. The maximum atomic E-state index is 11.8. The Morgan fingerprint density at radius 2 is 1.84 bits per heavy atom. The molecule has 0 radical (unpaired) electrons. The Labute approximate surface area is 149 Å². The second-order valence-electron chi connectivity index (χ2n) is 5.72. The van der Waals surface area contributed by atoms with Crippen molar-refractivity contribution in [2.45, 2.75) is 65.1 Å². The molecular formula is C19H30F3NO2. The summed E-state index contributed by atoms with van der Waals surface area (Å²) < 4.78 is 39.8. The van der Waals surface area contributed by atoms with Gasteiger partial charge < -0.3 is 10.1 Å². The Morgan fingerprint density at radius 1 is 1.20 bits per heavy atom. The zero-order valence-corrected chi connectivity index (χ0v) is 15.4. The van der Waals surface area contributed by atoms with E-state index in [0.717, 1.165) is 18.2 Å². The van der Waals surface area contributed by atoms with Gasteiger partial charge >= 0.3 is 12.1 Å². The van der Waals surface area contributed by atoms with Crippen LogP contribution in [-0.2, 0) is 15.7 Å². The summed E-state index contributed by atoms with van der Waals surface area (Å²) >= 11 is 0. The number of halogens is 3. The first-order valence-corrected chi connectivity index (χ1v) is 8.80. The highest BCUT2D eigenvalue weighted by Gasteiger charge is 2.29. The van der Waals surface area contributed by atoms with Crippen molar-refractivity contribution in [3.8, 4) is 0 Å². The van der Waals surface area contributed by atoms with Crippen molar-refractivity contribution in [1.82, 2.24) is 5.32 Å². The first-order valence-electron chi connectivity index (χ1n) is 8.80. The minimum atomic E-state index is -4.21. The minimum absolute atomic E-state index is 0.211. The van der Waals surface area contributed by atoms with Crippen molar-refractivity contribution in [2.24, 2.45) is 0 Å². The minimum Gasteiger partial charge on any atom is -0.466 e. The summed E-state index contributed by atoms with van der Waals surface area (Å²) in [7, 11) is 0. The number of hydrogen-bond acceptors (Lipinski definition) is 3. The summed E-state index contributed by atoms with van der Waals surface area (Å²) in [5, 5.41) is 3.52. The molecule has 1 saturated heterocycles. The molecule has 0 aliphatic carbocycles. The second kappa shape index (κ2) is 13.7. The van der Waals surface area contributed by atoms with E-state index in [4.69, 9.17) is 0 Å². The number of esters is 1. The number of piperidine rings is 1. The van der Waals surface area contributed by atoms with Gasteiger partial charge in [-0.25, -0.2) is 0 Å². The van der Waals surface area contributed by atoms with E-state index in [2.05, 4.69) is 17.0 Å². The third kappa shape index (κ3) is 13.4. The van der Waals surface area contributed by atoms with Crippen LogP contribution in [-0.4, -0.2) is 25.2 Å². The second-order valence-corrected chi connectivity index (χ2v) is 5.72. The van der Waals surface area contributed by atoms with Crippen LogP contribution in [0.15, 0.2) is 30.3 Å². The maximum Gasteiger partial charge on any atom is 0.416 e. The van der Waals surface area contributed by atoms with Crippen LogP contribution in [0.3, 0.4) is 0 Å². The highest BCUT2D eigenvalue weighted by atomic mass is 19.4. The van der Waals surface area contributed by atoms with Gasteiger partial charge in [-0.1, -0.05) is 50.1 Å². The zero-order valence-electron chi connectivity index (χ0n) is 15.4. The number of ether oxygens (including phenoxy) is 1.